The van der Waals surface area contributed by atoms with Gasteiger partial charge in [0.2, 0.25) is 0 Å². The first-order valence-electron chi connectivity index (χ1n) is 7.88. The predicted octanol–water partition coefficient (Wildman–Crippen LogP) is 3.08. The molecule has 1 N–H and O–H groups in total. The van der Waals surface area contributed by atoms with E-state index in [0.29, 0.717) is 12.0 Å². The van der Waals surface area contributed by atoms with Crippen LogP contribution in [0.5, 0.6) is 5.75 Å². The van der Waals surface area contributed by atoms with Gasteiger partial charge in [-0.25, -0.2) is 0 Å². The zero-order valence-corrected chi connectivity index (χ0v) is 13.1. The summed E-state index contributed by atoms with van der Waals surface area (Å²) in [6, 6.07) is 9.01. The molecule has 1 saturated heterocycles. The van der Waals surface area contributed by atoms with E-state index in [2.05, 4.69) is 55.3 Å². The van der Waals surface area contributed by atoms with Crippen LogP contribution >= 0.6 is 0 Å². The lowest BCUT2D eigenvalue weighted by Gasteiger charge is -2.36. The normalized spacial score (nSPS) is 18.2. The number of para-hydroxylation sites is 1. The average Bonchev–Trinajstić information content (AvgIpc) is 2.47. The van der Waals surface area contributed by atoms with Gasteiger partial charge < -0.3 is 10.1 Å². The first-order valence-corrected chi connectivity index (χ1v) is 7.88. The highest BCUT2D eigenvalue weighted by Gasteiger charge is 2.25. The predicted molar refractivity (Wildman–Crippen MR) is 84.2 cm³/mol. The van der Waals surface area contributed by atoms with Crippen molar-refractivity contribution in [3.05, 3.63) is 29.8 Å². The number of piperazine rings is 1. The summed E-state index contributed by atoms with van der Waals surface area (Å²) >= 11 is 0. The summed E-state index contributed by atoms with van der Waals surface area (Å²) in [7, 11) is 0. The number of hydrogen-bond acceptors (Lipinski definition) is 3. The highest BCUT2D eigenvalue weighted by molar-refractivity contribution is 5.36. The van der Waals surface area contributed by atoms with Crippen LogP contribution < -0.4 is 10.1 Å². The third kappa shape index (κ3) is 3.97. The van der Waals surface area contributed by atoms with E-state index in [1.54, 1.807) is 0 Å². The lowest BCUT2D eigenvalue weighted by Crippen LogP contribution is -2.45. The lowest BCUT2D eigenvalue weighted by molar-refractivity contribution is 0.150. The van der Waals surface area contributed by atoms with Crippen LogP contribution in [0.3, 0.4) is 0 Å². The Labute approximate surface area is 123 Å². The number of nitrogens with one attached hydrogen (secondary N) is 1. The highest BCUT2D eigenvalue weighted by Crippen LogP contribution is 2.34. The lowest BCUT2D eigenvalue weighted by atomic mass is 9.94. The van der Waals surface area contributed by atoms with E-state index in [1.807, 2.05) is 0 Å². The molecule has 0 unspecified atom stereocenters. The van der Waals surface area contributed by atoms with Crippen molar-refractivity contribution in [2.75, 3.05) is 32.8 Å². The van der Waals surface area contributed by atoms with Crippen LogP contribution in [-0.2, 0) is 0 Å². The van der Waals surface area contributed by atoms with Gasteiger partial charge in [0.05, 0.1) is 6.61 Å². The van der Waals surface area contributed by atoms with Crippen molar-refractivity contribution in [3.63, 3.8) is 0 Å². The molecule has 0 bridgehead atoms. The van der Waals surface area contributed by atoms with E-state index in [1.165, 1.54) is 12.0 Å². The van der Waals surface area contributed by atoms with Gasteiger partial charge >= 0.3 is 0 Å². The first-order chi connectivity index (χ1) is 9.72. The molecular formula is C17H28N2O. The minimum atomic E-state index is 0.472. The standard InChI is InChI=1S/C17H28N2O/c1-4-20-17-8-6-5-7-15(17)16(13-14(2)3)19-11-9-18-10-12-19/h5-8,14,16,18H,4,9-13H2,1-3H3/t16-/m0/s1. The van der Waals surface area contributed by atoms with Crippen LogP contribution in [0, 0.1) is 5.92 Å². The molecule has 20 heavy (non-hydrogen) atoms. The second-order valence-electron chi connectivity index (χ2n) is 5.90. The van der Waals surface area contributed by atoms with Gasteiger partial charge in [0.25, 0.3) is 0 Å². The summed E-state index contributed by atoms with van der Waals surface area (Å²) in [6.07, 6.45) is 1.18. The topological polar surface area (TPSA) is 24.5 Å². The monoisotopic (exact) mass is 276 g/mol. The molecule has 2 rings (SSSR count). The molecule has 1 aromatic rings. The van der Waals surface area contributed by atoms with Gasteiger partial charge in [0, 0.05) is 37.8 Å². The molecule has 1 aromatic carbocycles. The molecule has 1 fully saturated rings. The molecular weight excluding hydrogens is 248 g/mol. The van der Waals surface area contributed by atoms with Crippen molar-refractivity contribution in [2.45, 2.75) is 33.2 Å². The average molecular weight is 276 g/mol. The van der Waals surface area contributed by atoms with Crippen LogP contribution in [0.1, 0.15) is 38.8 Å². The van der Waals surface area contributed by atoms with E-state index >= 15 is 0 Å². The zero-order chi connectivity index (χ0) is 14.4. The van der Waals surface area contributed by atoms with Gasteiger partial charge in [-0.15, -0.1) is 0 Å². The maximum absolute atomic E-state index is 5.85. The summed E-state index contributed by atoms with van der Waals surface area (Å²) in [5.41, 5.74) is 1.35. The van der Waals surface area contributed by atoms with Gasteiger partial charge in [0.15, 0.2) is 0 Å². The SMILES string of the molecule is CCOc1ccccc1[C@H](CC(C)C)N1CCNCC1. The Bertz CT molecular complexity index is 400. The molecule has 0 saturated carbocycles. The molecule has 1 heterocycles. The van der Waals surface area contributed by atoms with E-state index in [9.17, 15) is 0 Å². The maximum atomic E-state index is 5.85. The molecule has 0 aromatic heterocycles. The minimum absolute atomic E-state index is 0.472. The smallest absolute Gasteiger partial charge is 0.124 e. The number of nitrogens with zero attached hydrogens (tertiary/aromatic N) is 1. The number of hydrogen-bond donors (Lipinski definition) is 1. The van der Waals surface area contributed by atoms with Crippen molar-refractivity contribution in [3.8, 4) is 5.75 Å². The highest BCUT2D eigenvalue weighted by atomic mass is 16.5. The van der Waals surface area contributed by atoms with Crippen molar-refractivity contribution < 1.29 is 4.74 Å². The summed E-state index contributed by atoms with van der Waals surface area (Å²) in [6.45, 7) is 11.8. The Morgan fingerprint density at radius 3 is 2.55 bits per heavy atom. The van der Waals surface area contributed by atoms with Gasteiger partial charge in [-0.3, -0.25) is 4.90 Å². The second kappa shape index (κ2) is 7.65. The van der Waals surface area contributed by atoms with E-state index in [-0.39, 0.29) is 0 Å². The van der Waals surface area contributed by atoms with Gasteiger partial charge in [-0.1, -0.05) is 32.0 Å². The van der Waals surface area contributed by atoms with E-state index in [0.717, 1.165) is 38.5 Å². The molecule has 3 heteroatoms. The van der Waals surface area contributed by atoms with Crippen molar-refractivity contribution in [1.29, 1.82) is 0 Å². The Kier molecular flexibility index (Phi) is 5.86. The van der Waals surface area contributed by atoms with Gasteiger partial charge in [0.1, 0.15) is 5.75 Å². The summed E-state index contributed by atoms with van der Waals surface area (Å²) < 4.78 is 5.85. The third-order valence-corrected chi connectivity index (χ3v) is 3.86. The molecule has 3 nitrogen and oxygen atoms in total. The van der Waals surface area contributed by atoms with Gasteiger partial charge in [-0.05, 0) is 25.3 Å². The van der Waals surface area contributed by atoms with Gasteiger partial charge in [-0.2, -0.15) is 0 Å². The van der Waals surface area contributed by atoms with Crippen molar-refractivity contribution in [2.24, 2.45) is 5.92 Å². The van der Waals surface area contributed by atoms with Crippen LogP contribution in [0.2, 0.25) is 0 Å². The Morgan fingerprint density at radius 2 is 1.90 bits per heavy atom. The Morgan fingerprint density at radius 1 is 1.20 bits per heavy atom. The molecule has 1 atom stereocenters. The fraction of sp³-hybridized carbons (Fsp3) is 0.647. The molecule has 1 aliphatic rings. The van der Waals surface area contributed by atoms with Crippen LogP contribution in [0.4, 0.5) is 0 Å². The Balaban J connectivity index is 2.24. The number of ether oxygens (including phenoxy) is 1. The third-order valence-electron chi connectivity index (χ3n) is 3.86. The fourth-order valence-corrected chi connectivity index (χ4v) is 2.96. The second-order valence-corrected chi connectivity index (χ2v) is 5.90. The fourth-order valence-electron chi connectivity index (χ4n) is 2.96. The first kappa shape index (κ1) is 15.3. The van der Waals surface area contributed by atoms with Crippen molar-refractivity contribution in [1.82, 2.24) is 10.2 Å². The summed E-state index contributed by atoms with van der Waals surface area (Å²) in [5.74, 6) is 1.74. The van der Waals surface area contributed by atoms with Crippen LogP contribution in [0.25, 0.3) is 0 Å². The molecule has 0 spiro atoms. The largest absolute Gasteiger partial charge is 0.494 e. The minimum Gasteiger partial charge on any atom is -0.494 e. The molecule has 0 amide bonds. The molecule has 0 radical (unpaired) electrons. The molecule has 112 valence electrons. The van der Waals surface area contributed by atoms with E-state index in [4.69, 9.17) is 4.74 Å². The van der Waals surface area contributed by atoms with E-state index < -0.39 is 0 Å². The number of rotatable bonds is 6. The van der Waals surface area contributed by atoms with Crippen LogP contribution in [0.15, 0.2) is 24.3 Å². The molecule has 1 aliphatic heterocycles. The summed E-state index contributed by atoms with van der Waals surface area (Å²) in [4.78, 5) is 2.61. The zero-order valence-electron chi connectivity index (χ0n) is 13.1. The van der Waals surface area contributed by atoms with Crippen molar-refractivity contribution >= 4 is 0 Å². The summed E-state index contributed by atoms with van der Waals surface area (Å²) in [5, 5.41) is 3.44. The molecule has 0 aliphatic carbocycles. The maximum Gasteiger partial charge on any atom is 0.124 e. The quantitative estimate of drug-likeness (QED) is 0.864. The van der Waals surface area contributed by atoms with Crippen LogP contribution in [-0.4, -0.2) is 37.7 Å². The Hall–Kier alpha value is -1.06. The number of benzene rings is 1.